The topological polar surface area (TPSA) is 76.3 Å². The van der Waals surface area contributed by atoms with E-state index >= 15 is 0 Å². The standard InChI is InChI=1S/C23H16BrClN4O2S/c24-16-8-10-18(11-9-16)29-22(31)19-6-1-2-7-20(19)27-23(29)32-14-21(30)28-26-13-15-4-3-5-17(25)12-15/h1-13H,14H2,(H,28,30)/b26-13+. The monoisotopic (exact) mass is 526 g/mol. The van der Waals surface area contributed by atoms with E-state index in [9.17, 15) is 9.59 Å². The van der Waals surface area contributed by atoms with E-state index < -0.39 is 0 Å². The van der Waals surface area contributed by atoms with Crippen molar-refractivity contribution < 1.29 is 4.79 Å². The number of benzene rings is 3. The van der Waals surface area contributed by atoms with Gasteiger partial charge in [0.1, 0.15) is 0 Å². The molecule has 0 bridgehead atoms. The minimum absolute atomic E-state index is 0.0359. The smallest absolute Gasteiger partial charge is 0.266 e. The van der Waals surface area contributed by atoms with E-state index in [2.05, 4.69) is 31.4 Å². The van der Waals surface area contributed by atoms with Crippen molar-refractivity contribution in [3.8, 4) is 5.69 Å². The zero-order valence-corrected chi connectivity index (χ0v) is 19.7. The number of hydrogen-bond donors (Lipinski definition) is 1. The van der Waals surface area contributed by atoms with E-state index in [0.29, 0.717) is 26.8 Å². The predicted molar refractivity (Wildman–Crippen MR) is 133 cm³/mol. The van der Waals surface area contributed by atoms with Crippen molar-refractivity contribution in [2.75, 3.05) is 5.75 Å². The maximum absolute atomic E-state index is 13.2. The van der Waals surface area contributed by atoms with Crippen molar-refractivity contribution in [1.29, 1.82) is 0 Å². The van der Waals surface area contributed by atoms with Crippen molar-refractivity contribution in [2.45, 2.75) is 5.16 Å². The number of halogens is 2. The third-order valence-corrected chi connectivity index (χ3v) is 6.12. The van der Waals surface area contributed by atoms with Gasteiger partial charge in [-0.2, -0.15) is 5.10 Å². The van der Waals surface area contributed by atoms with Crippen molar-refractivity contribution >= 4 is 62.3 Å². The molecule has 0 fully saturated rings. The van der Waals surface area contributed by atoms with Gasteiger partial charge in [-0.15, -0.1) is 0 Å². The van der Waals surface area contributed by atoms with Gasteiger partial charge in [0.2, 0.25) is 0 Å². The van der Waals surface area contributed by atoms with Gasteiger partial charge >= 0.3 is 0 Å². The molecule has 1 aromatic heterocycles. The number of nitrogens with zero attached hydrogens (tertiary/aromatic N) is 3. The molecule has 0 radical (unpaired) electrons. The Morgan fingerprint density at radius 1 is 1.12 bits per heavy atom. The summed E-state index contributed by atoms with van der Waals surface area (Å²) in [6.45, 7) is 0. The van der Waals surface area contributed by atoms with Crippen LogP contribution in [-0.4, -0.2) is 27.4 Å². The quantitative estimate of drug-likeness (QED) is 0.165. The SMILES string of the molecule is O=C(CSc1nc2ccccc2c(=O)n1-c1ccc(Br)cc1)N/N=C/c1cccc(Cl)c1. The van der Waals surface area contributed by atoms with Crippen LogP contribution in [0.15, 0.2) is 92.3 Å². The minimum Gasteiger partial charge on any atom is -0.272 e. The first kappa shape index (κ1) is 22.3. The van der Waals surface area contributed by atoms with E-state index in [4.69, 9.17) is 11.6 Å². The number of carbonyl (C=O) groups excluding carboxylic acids is 1. The van der Waals surface area contributed by atoms with E-state index in [-0.39, 0.29) is 17.2 Å². The van der Waals surface area contributed by atoms with Crippen LogP contribution in [0, 0.1) is 0 Å². The average molecular weight is 528 g/mol. The zero-order chi connectivity index (χ0) is 22.5. The molecule has 1 N–H and O–H groups in total. The van der Waals surface area contributed by atoms with Gasteiger partial charge in [0, 0.05) is 9.50 Å². The van der Waals surface area contributed by atoms with Crippen LogP contribution in [-0.2, 0) is 4.79 Å². The third-order valence-electron chi connectivity index (χ3n) is 4.41. The number of amides is 1. The van der Waals surface area contributed by atoms with Crippen molar-refractivity contribution in [3.05, 3.63) is 98.2 Å². The van der Waals surface area contributed by atoms with Crippen LogP contribution in [0.1, 0.15) is 5.56 Å². The number of nitrogens with one attached hydrogen (secondary N) is 1. The first-order valence-corrected chi connectivity index (χ1v) is 11.6. The van der Waals surface area contributed by atoms with Gasteiger partial charge in [-0.25, -0.2) is 10.4 Å². The highest BCUT2D eigenvalue weighted by Crippen LogP contribution is 2.22. The number of hydrazone groups is 1. The highest BCUT2D eigenvalue weighted by atomic mass is 79.9. The lowest BCUT2D eigenvalue weighted by Crippen LogP contribution is -2.24. The molecule has 32 heavy (non-hydrogen) atoms. The maximum atomic E-state index is 13.2. The Balaban J connectivity index is 1.56. The number of carbonyl (C=O) groups is 1. The summed E-state index contributed by atoms with van der Waals surface area (Å²) in [5.74, 6) is -0.285. The fraction of sp³-hybridized carbons (Fsp3) is 0.0435. The van der Waals surface area contributed by atoms with Crippen LogP contribution in [0.3, 0.4) is 0 Å². The average Bonchev–Trinajstić information content (AvgIpc) is 2.79. The molecular weight excluding hydrogens is 512 g/mol. The highest BCUT2D eigenvalue weighted by molar-refractivity contribution is 9.10. The van der Waals surface area contributed by atoms with Crippen LogP contribution >= 0.6 is 39.3 Å². The largest absolute Gasteiger partial charge is 0.272 e. The number of para-hydroxylation sites is 1. The first-order chi connectivity index (χ1) is 15.5. The Bertz CT molecular complexity index is 1370. The Morgan fingerprint density at radius 3 is 2.69 bits per heavy atom. The van der Waals surface area contributed by atoms with Crippen molar-refractivity contribution in [2.24, 2.45) is 5.10 Å². The molecule has 4 aromatic rings. The van der Waals surface area contributed by atoms with Gasteiger partial charge in [0.25, 0.3) is 11.5 Å². The lowest BCUT2D eigenvalue weighted by atomic mass is 10.2. The Morgan fingerprint density at radius 2 is 1.91 bits per heavy atom. The van der Waals surface area contributed by atoms with Gasteiger partial charge in [0.05, 0.1) is 28.6 Å². The number of rotatable bonds is 6. The van der Waals surface area contributed by atoms with Gasteiger partial charge < -0.3 is 0 Å². The summed E-state index contributed by atoms with van der Waals surface area (Å²) in [5.41, 5.74) is 4.30. The van der Waals surface area contributed by atoms with Gasteiger partial charge in [-0.05, 0) is 54.1 Å². The van der Waals surface area contributed by atoms with Crippen LogP contribution in [0.5, 0.6) is 0 Å². The summed E-state index contributed by atoms with van der Waals surface area (Å²) in [5, 5.41) is 5.48. The van der Waals surface area contributed by atoms with Crippen LogP contribution in [0.2, 0.25) is 5.02 Å². The maximum Gasteiger partial charge on any atom is 0.266 e. The molecule has 6 nitrogen and oxygen atoms in total. The number of fused-ring (bicyclic) bond motifs is 1. The van der Waals surface area contributed by atoms with Gasteiger partial charge in [-0.1, -0.05) is 63.6 Å². The molecule has 160 valence electrons. The molecule has 1 amide bonds. The molecule has 0 atom stereocenters. The van der Waals surface area contributed by atoms with Crippen LogP contribution < -0.4 is 11.0 Å². The van der Waals surface area contributed by atoms with Crippen LogP contribution in [0.25, 0.3) is 16.6 Å². The number of thioether (sulfide) groups is 1. The number of hydrogen-bond acceptors (Lipinski definition) is 5. The predicted octanol–water partition coefficient (Wildman–Crippen LogP) is 5.04. The van der Waals surface area contributed by atoms with Gasteiger partial charge in [0.15, 0.2) is 5.16 Å². The van der Waals surface area contributed by atoms with E-state index in [1.54, 1.807) is 36.4 Å². The van der Waals surface area contributed by atoms with E-state index in [1.165, 1.54) is 10.8 Å². The molecular formula is C23H16BrClN4O2S. The fourth-order valence-corrected chi connectivity index (χ4v) is 4.22. The molecule has 0 unspecified atom stereocenters. The molecule has 0 aliphatic rings. The summed E-state index contributed by atoms with van der Waals surface area (Å²) < 4.78 is 2.41. The summed E-state index contributed by atoms with van der Waals surface area (Å²) in [6.07, 6.45) is 1.51. The second-order valence-corrected chi connectivity index (χ2v) is 8.96. The third kappa shape index (κ3) is 5.27. The first-order valence-electron chi connectivity index (χ1n) is 9.49. The van der Waals surface area contributed by atoms with Crippen LogP contribution in [0.4, 0.5) is 0 Å². The van der Waals surface area contributed by atoms with Gasteiger partial charge in [-0.3, -0.25) is 14.2 Å². The lowest BCUT2D eigenvalue weighted by Gasteiger charge is -2.13. The Hall–Kier alpha value is -2.94. The molecule has 0 spiro atoms. The molecule has 1 heterocycles. The molecule has 0 aliphatic carbocycles. The molecule has 0 saturated heterocycles. The summed E-state index contributed by atoms with van der Waals surface area (Å²) in [7, 11) is 0. The van der Waals surface area contributed by atoms with E-state index in [0.717, 1.165) is 21.8 Å². The lowest BCUT2D eigenvalue weighted by molar-refractivity contribution is -0.118. The fourth-order valence-electron chi connectivity index (χ4n) is 2.96. The Labute approximate surface area is 201 Å². The number of aromatic nitrogens is 2. The minimum atomic E-state index is -0.321. The normalized spacial score (nSPS) is 11.2. The van der Waals surface area contributed by atoms with Crippen molar-refractivity contribution in [1.82, 2.24) is 15.0 Å². The highest BCUT2D eigenvalue weighted by Gasteiger charge is 2.14. The summed E-state index contributed by atoms with van der Waals surface area (Å²) >= 11 is 10.5. The summed E-state index contributed by atoms with van der Waals surface area (Å²) in [4.78, 5) is 30.1. The summed E-state index contributed by atoms with van der Waals surface area (Å²) in [6, 6.07) is 21.6. The second kappa shape index (κ2) is 10.1. The molecule has 4 rings (SSSR count). The molecule has 0 saturated carbocycles. The molecule has 3 aromatic carbocycles. The van der Waals surface area contributed by atoms with Crippen molar-refractivity contribution in [3.63, 3.8) is 0 Å². The zero-order valence-electron chi connectivity index (χ0n) is 16.5. The molecule has 0 aliphatic heterocycles. The molecule has 9 heteroatoms. The second-order valence-electron chi connectivity index (χ2n) is 6.67. The Kier molecular flexibility index (Phi) is 7.04. The van der Waals surface area contributed by atoms with E-state index in [1.807, 2.05) is 36.4 Å².